The summed E-state index contributed by atoms with van der Waals surface area (Å²) in [6.45, 7) is 6.13. The molecular formula is C29H33FN2O3. The second kappa shape index (κ2) is 12.0. The first-order valence-corrected chi connectivity index (χ1v) is 12.2. The molecule has 5 nitrogen and oxygen atoms in total. The summed E-state index contributed by atoms with van der Waals surface area (Å²) in [5.74, 6) is -0.342. The zero-order valence-electron chi connectivity index (χ0n) is 20.2. The molecule has 184 valence electrons. The second-order valence-electron chi connectivity index (χ2n) is 9.14. The number of benzene rings is 3. The van der Waals surface area contributed by atoms with Crippen LogP contribution >= 0.6 is 0 Å². The van der Waals surface area contributed by atoms with Gasteiger partial charge < -0.3 is 14.7 Å². The van der Waals surface area contributed by atoms with Crippen LogP contribution < -0.4 is 9.64 Å². The molecule has 0 radical (unpaired) electrons. The summed E-state index contributed by atoms with van der Waals surface area (Å²) in [6, 6.07) is 22.2. The fourth-order valence-corrected chi connectivity index (χ4v) is 4.43. The van der Waals surface area contributed by atoms with Crippen molar-refractivity contribution >= 4 is 11.5 Å². The number of piperazine rings is 1. The standard InChI is InChI=1S/C29H33FN2O3/c1-22-6-5-9-25(18-22)32-16-14-31(15-17-32)20-26(33)21-35-29-13-11-24(30)19-27(29)28(34)12-10-23-7-3-2-4-8-23/h2-9,11,13,18-19,26,33H,10,12,14-17,20-21H2,1H3. The molecule has 0 amide bonds. The molecule has 1 saturated heterocycles. The molecule has 1 heterocycles. The summed E-state index contributed by atoms with van der Waals surface area (Å²) >= 11 is 0. The number of carbonyl (C=O) groups excluding carboxylic acids is 1. The van der Waals surface area contributed by atoms with Gasteiger partial charge >= 0.3 is 0 Å². The highest BCUT2D eigenvalue weighted by Gasteiger charge is 2.21. The average molecular weight is 477 g/mol. The second-order valence-corrected chi connectivity index (χ2v) is 9.14. The van der Waals surface area contributed by atoms with Gasteiger partial charge in [-0.25, -0.2) is 4.39 Å². The monoisotopic (exact) mass is 476 g/mol. The molecule has 0 aliphatic carbocycles. The van der Waals surface area contributed by atoms with Gasteiger partial charge in [-0.05, 0) is 54.8 Å². The summed E-state index contributed by atoms with van der Waals surface area (Å²) in [7, 11) is 0. The Hall–Kier alpha value is -3.22. The minimum Gasteiger partial charge on any atom is -0.490 e. The van der Waals surface area contributed by atoms with Crippen molar-refractivity contribution in [2.45, 2.75) is 25.9 Å². The number of β-amino-alcohol motifs (C(OH)–C–C–N with tert-alkyl or cyclic N) is 1. The first kappa shape index (κ1) is 24.9. The van der Waals surface area contributed by atoms with E-state index in [4.69, 9.17) is 4.74 Å². The molecule has 0 spiro atoms. The first-order valence-electron chi connectivity index (χ1n) is 12.2. The highest BCUT2D eigenvalue weighted by atomic mass is 19.1. The van der Waals surface area contributed by atoms with Crippen molar-refractivity contribution < 1.29 is 19.0 Å². The molecule has 1 aliphatic heterocycles. The SMILES string of the molecule is Cc1cccc(N2CCN(CC(O)COc3ccc(F)cc3C(=O)CCc3ccccc3)CC2)c1. The maximum atomic E-state index is 13.9. The third-order valence-electron chi connectivity index (χ3n) is 6.36. The third kappa shape index (κ3) is 7.13. The lowest BCUT2D eigenvalue weighted by Gasteiger charge is -2.37. The minimum absolute atomic E-state index is 0.0443. The van der Waals surface area contributed by atoms with Crippen molar-refractivity contribution in [1.29, 1.82) is 0 Å². The summed E-state index contributed by atoms with van der Waals surface area (Å²) < 4.78 is 19.7. The Kier molecular flexibility index (Phi) is 8.50. The van der Waals surface area contributed by atoms with E-state index < -0.39 is 11.9 Å². The van der Waals surface area contributed by atoms with Gasteiger partial charge in [0.2, 0.25) is 0 Å². The molecule has 1 unspecified atom stereocenters. The van der Waals surface area contributed by atoms with Gasteiger partial charge in [0.05, 0.1) is 5.56 Å². The van der Waals surface area contributed by atoms with E-state index in [-0.39, 0.29) is 24.4 Å². The lowest BCUT2D eigenvalue weighted by molar-refractivity contribution is 0.0655. The number of anilines is 1. The van der Waals surface area contributed by atoms with Gasteiger partial charge in [-0.3, -0.25) is 9.69 Å². The Morgan fingerprint density at radius 1 is 1.00 bits per heavy atom. The number of carbonyl (C=O) groups is 1. The number of Topliss-reactive ketones (excluding diaryl/α,β-unsaturated/α-hetero) is 1. The summed E-state index contributed by atoms with van der Waals surface area (Å²) in [5, 5.41) is 10.6. The van der Waals surface area contributed by atoms with Crippen molar-refractivity contribution in [3.05, 3.63) is 95.3 Å². The van der Waals surface area contributed by atoms with Crippen LogP contribution in [0.3, 0.4) is 0 Å². The van der Waals surface area contributed by atoms with E-state index in [1.807, 2.05) is 30.3 Å². The van der Waals surface area contributed by atoms with E-state index in [1.165, 1.54) is 29.4 Å². The number of hydrogen-bond acceptors (Lipinski definition) is 5. The smallest absolute Gasteiger partial charge is 0.167 e. The van der Waals surface area contributed by atoms with Gasteiger partial charge in [-0.1, -0.05) is 42.5 Å². The highest BCUT2D eigenvalue weighted by Crippen LogP contribution is 2.23. The molecule has 4 rings (SSSR count). The average Bonchev–Trinajstić information content (AvgIpc) is 2.87. The van der Waals surface area contributed by atoms with Crippen molar-refractivity contribution in [3.63, 3.8) is 0 Å². The topological polar surface area (TPSA) is 53.0 Å². The van der Waals surface area contributed by atoms with Crippen LogP contribution in [0.1, 0.15) is 27.9 Å². The summed E-state index contributed by atoms with van der Waals surface area (Å²) in [6.07, 6.45) is 0.127. The highest BCUT2D eigenvalue weighted by molar-refractivity contribution is 5.98. The van der Waals surface area contributed by atoms with Crippen molar-refractivity contribution in [3.8, 4) is 5.75 Å². The Morgan fingerprint density at radius 3 is 2.51 bits per heavy atom. The molecular weight excluding hydrogens is 443 g/mol. The van der Waals surface area contributed by atoms with Gasteiger partial charge in [-0.15, -0.1) is 0 Å². The van der Waals surface area contributed by atoms with Crippen molar-refractivity contribution in [1.82, 2.24) is 4.90 Å². The predicted molar refractivity (Wildman–Crippen MR) is 137 cm³/mol. The molecule has 1 N–H and O–H groups in total. The quantitative estimate of drug-likeness (QED) is 0.437. The van der Waals surface area contributed by atoms with Gasteiger partial charge in [-0.2, -0.15) is 0 Å². The summed E-state index contributed by atoms with van der Waals surface area (Å²) in [4.78, 5) is 17.4. The molecule has 6 heteroatoms. The molecule has 35 heavy (non-hydrogen) atoms. The molecule has 1 aliphatic rings. The third-order valence-corrected chi connectivity index (χ3v) is 6.36. The maximum Gasteiger partial charge on any atom is 0.167 e. The van der Waals surface area contributed by atoms with Gasteiger partial charge in [0, 0.05) is 44.8 Å². The van der Waals surface area contributed by atoms with E-state index in [0.717, 1.165) is 31.7 Å². The molecule has 1 atom stereocenters. The van der Waals surface area contributed by atoms with Crippen molar-refractivity contribution in [2.75, 3.05) is 44.2 Å². The number of aryl methyl sites for hydroxylation is 2. The Balaban J connectivity index is 1.27. The Bertz CT molecular complexity index is 1110. The van der Waals surface area contributed by atoms with Crippen LogP contribution in [0.15, 0.2) is 72.8 Å². The molecule has 0 bridgehead atoms. The number of halogens is 1. The van der Waals surface area contributed by atoms with E-state index in [1.54, 1.807) is 0 Å². The number of aliphatic hydroxyl groups excluding tert-OH is 1. The number of hydrogen-bond donors (Lipinski definition) is 1. The van der Waals surface area contributed by atoms with Gasteiger partial charge in [0.25, 0.3) is 0 Å². The predicted octanol–water partition coefficient (Wildman–Crippen LogP) is 4.51. The van der Waals surface area contributed by atoms with Crippen LogP contribution in [-0.2, 0) is 6.42 Å². The van der Waals surface area contributed by atoms with E-state index in [9.17, 15) is 14.3 Å². The fourth-order valence-electron chi connectivity index (χ4n) is 4.43. The van der Waals surface area contributed by atoms with E-state index in [2.05, 4.69) is 41.0 Å². The molecule has 0 saturated carbocycles. The van der Waals surface area contributed by atoms with Gasteiger partial charge in [0.15, 0.2) is 5.78 Å². The lowest BCUT2D eigenvalue weighted by atomic mass is 10.0. The van der Waals surface area contributed by atoms with Crippen LogP contribution in [0.5, 0.6) is 5.75 Å². The molecule has 3 aromatic carbocycles. The lowest BCUT2D eigenvalue weighted by Crippen LogP contribution is -2.49. The molecule has 3 aromatic rings. The van der Waals surface area contributed by atoms with Crippen LogP contribution in [0.25, 0.3) is 0 Å². The van der Waals surface area contributed by atoms with Crippen molar-refractivity contribution in [2.24, 2.45) is 0 Å². The summed E-state index contributed by atoms with van der Waals surface area (Å²) in [5.41, 5.74) is 3.75. The Labute approximate surface area is 206 Å². The minimum atomic E-state index is -0.710. The largest absolute Gasteiger partial charge is 0.490 e. The zero-order chi connectivity index (χ0) is 24.6. The normalized spacial score (nSPS) is 15.1. The van der Waals surface area contributed by atoms with E-state index in [0.29, 0.717) is 18.7 Å². The number of rotatable bonds is 10. The van der Waals surface area contributed by atoms with Gasteiger partial charge in [0.1, 0.15) is 24.3 Å². The molecule has 1 fully saturated rings. The molecule has 0 aromatic heterocycles. The zero-order valence-corrected chi connectivity index (χ0v) is 20.2. The first-order chi connectivity index (χ1) is 17.0. The van der Waals surface area contributed by atoms with Crippen LogP contribution in [0.4, 0.5) is 10.1 Å². The maximum absolute atomic E-state index is 13.9. The van der Waals surface area contributed by atoms with E-state index >= 15 is 0 Å². The number of aliphatic hydroxyl groups is 1. The Morgan fingerprint density at radius 2 is 1.77 bits per heavy atom. The van der Waals surface area contributed by atoms with Crippen LogP contribution in [0, 0.1) is 12.7 Å². The number of nitrogens with zero attached hydrogens (tertiary/aromatic N) is 2. The fraction of sp³-hybridized carbons (Fsp3) is 0.345. The van der Waals surface area contributed by atoms with Crippen LogP contribution in [0.2, 0.25) is 0 Å². The number of ether oxygens (including phenoxy) is 1. The number of ketones is 1. The van der Waals surface area contributed by atoms with Crippen LogP contribution in [-0.4, -0.2) is 61.2 Å².